The smallest absolute Gasteiger partial charge is 0.167 e. The Kier molecular flexibility index (Phi) is 4.32. The summed E-state index contributed by atoms with van der Waals surface area (Å²) in [4.78, 5) is 14.4. The molecule has 2 heterocycles. The molecular formula is C27H16BN3O. The van der Waals surface area contributed by atoms with Crippen molar-refractivity contribution in [1.29, 1.82) is 0 Å². The van der Waals surface area contributed by atoms with Crippen LogP contribution < -0.4 is 5.46 Å². The highest BCUT2D eigenvalue weighted by Crippen LogP contribution is 2.35. The molecule has 6 rings (SSSR count). The highest BCUT2D eigenvalue weighted by molar-refractivity contribution is 6.32. The lowest BCUT2D eigenvalue weighted by Gasteiger charge is -2.09. The van der Waals surface area contributed by atoms with Crippen LogP contribution in [0, 0.1) is 0 Å². The average Bonchev–Trinajstić information content (AvgIpc) is 3.23. The summed E-state index contributed by atoms with van der Waals surface area (Å²) in [5, 5.41) is 2.10. The predicted octanol–water partition coefficient (Wildman–Crippen LogP) is 5.57. The first-order valence-electron chi connectivity index (χ1n) is 10.3. The average molecular weight is 409 g/mol. The molecule has 5 heteroatoms. The third-order valence-electron chi connectivity index (χ3n) is 5.46. The van der Waals surface area contributed by atoms with Crippen molar-refractivity contribution in [1.82, 2.24) is 15.0 Å². The van der Waals surface area contributed by atoms with Crippen molar-refractivity contribution in [3.05, 3.63) is 97.1 Å². The largest absolute Gasteiger partial charge is 0.455 e. The molecule has 0 spiro atoms. The van der Waals surface area contributed by atoms with E-state index in [-0.39, 0.29) is 0 Å². The van der Waals surface area contributed by atoms with E-state index in [1.807, 2.05) is 84.9 Å². The summed E-state index contributed by atoms with van der Waals surface area (Å²) >= 11 is 0. The maximum absolute atomic E-state index is 6.23. The van der Waals surface area contributed by atoms with Crippen molar-refractivity contribution in [3.63, 3.8) is 0 Å². The van der Waals surface area contributed by atoms with Gasteiger partial charge >= 0.3 is 0 Å². The monoisotopic (exact) mass is 409 g/mol. The Labute approximate surface area is 186 Å². The second-order valence-corrected chi connectivity index (χ2v) is 7.58. The summed E-state index contributed by atoms with van der Waals surface area (Å²) in [7, 11) is 6.03. The van der Waals surface area contributed by atoms with Gasteiger partial charge < -0.3 is 4.42 Å². The van der Waals surface area contributed by atoms with E-state index in [4.69, 9.17) is 27.2 Å². The van der Waals surface area contributed by atoms with Gasteiger partial charge in [-0.1, -0.05) is 90.4 Å². The summed E-state index contributed by atoms with van der Waals surface area (Å²) in [6.45, 7) is 0. The molecule has 6 aromatic rings. The fourth-order valence-corrected chi connectivity index (χ4v) is 3.94. The highest BCUT2D eigenvalue weighted by Gasteiger charge is 2.17. The standard InChI is InChI=1S/C27H16BN3O/c28-19-11-6-10-18(16-19)26-29-25(17-8-2-1-3-9-17)30-27(31-26)22-14-7-13-21-20-12-4-5-15-23(20)32-24(21)22/h1-16H. The van der Waals surface area contributed by atoms with Gasteiger partial charge in [0.25, 0.3) is 0 Å². The lowest BCUT2D eigenvalue weighted by molar-refractivity contribution is 0.669. The Morgan fingerprint density at radius 3 is 2.06 bits per heavy atom. The fourth-order valence-electron chi connectivity index (χ4n) is 3.94. The number of nitrogens with zero attached hydrogens (tertiary/aromatic N) is 3. The predicted molar refractivity (Wildman–Crippen MR) is 129 cm³/mol. The first-order chi connectivity index (χ1) is 15.8. The van der Waals surface area contributed by atoms with Gasteiger partial charge in [-0.25, -0.2) is 15.0 Å². The molecule has 0 bridgehead atoms. The van der Waals surface area contributed by atoms with E-state index in [1.54, 1.807) is 0 Å². The Bertz CT molecular complexity index is 1590. The van der Waals surface area contributed by atoms with E-state index < -0.39 is 0 Å². The lowest BCUT2D eigenvalue weighted by atomic mass is 9.94. The first-order valence-corrected chi connectivity index (χ1v) is 10.3. The van der Waals surface area contributed by atoms with Crippen molar-refractivity contribution in [3.8, 4) is 34.2 Å². The van der Waals surface area contributed by atoms with E-state index in [0.717, 1.165) is 38.6 Å². The second kappa shape index (κ2) is 7.47. The van der Waals surface area contributed by atoms with Crippen LogP contribution >= 0.6 is 0 Å². The van der Waals surface area contributed by atoms with Crippen LogP contribution in [0.25, 0.3) is 56.1 Å². The van der Waals surface area contributed by atoms with Crippen LogP contribution in [-0.2, 0) is 0 Å². The van der Waals surface area contributed by atoms with E-state index in [0.29, 0.717) is 22.9 Å². The first kappa shape index (κ1) is 18.5. The van der Waals surface area contributed by atoms with Crippen LogP contribution in [0.1, 0.15) is 0 Å². The van der Waals surface area contributed by atoms with Crippen molar-refractivity contribution in [2.24, 2.45) is 0 Å². The molecule has 0 fully saturated rings. The molecule has 4 nitrogen and oxygen atoms in total. The van der Waals surface area contributed by atoms with Crippen LogP contribution in [-0.4, -0.2) is 22.8 Å². The van der Waals surface area contributed by atoms with Crippen LogP contribution in [0.2, 0.25) is 0 Å². The van der Waals surface area contributed by atoms with Gasteiger partial charge in [-0.15, -0.1) is 0 Å². The van der Waals surface area contributed by atoms with Gasteiger partial charge in [0.05, 0.1) is 5.56 Å². The topological polar surface area (TPSA) is 51.8 Å². The summed E-state index contributed by atoms with van der Waals surface area (Å²) in [5.41, 5.74) is 4.83. The van der Waals surface area contributed by atoms with Gasteiger partial charge in [0.15, 0.2) is 17.5 Å². The minimum atomic E-state index is 0.556. The zero-order chi connectivity index (χ0) is 21.5. The Hall–Kier alpha value is -4.25. The van der Waals surface area contributed by atoms with E-state index in [1.165, 1.54) is 0 Å². The number of aromatic nitrogens is 3. The normalized spacial score (nSPS) is 11.2. The van der Waals surface area contributed by atoms with Crippen molar-refractivity contribution >= 4 is 35.2 Å². The number of hydrogen-bond donors (Lipinski definition) is 0. The number of furan rings is 1. The number of hydrogen-bond acceptors (Lipinski definition) is 4. The number of rotatable bonds is 3. The Morgan fingerprint density at radius 2 is 1.22 bits per heavy atom. The summed E-state index contributed by atoms with van der Waals surface area (Å²) < 4.78 is 6.23. The zero-order valence-corrected chi connectivity index (χ0v) is 17.1. The van der Waals surface area contributed by atoms with Gasteiger partial charge in [0, 0.05) is 21.9 Å². The minimum absolute atomic E-state index is 0.556. The summed E-state index contributed by atoms with van der Waals surface area (Å²) in [6.07, 6.45) is 0. The number of fused-ring (bicyclic) bond motifs is 3. The molecular weight excluding hydrogens is 393 g/mol. The molecule has 32 heavy (non-hydrogen) atoms. The SMILES string of the molecule is [B]c1cccc(-c2nc(-c3ccccc3)nc(-c3cccc4c3oc3ccccc34)n2)c1. The fraction of sp³-hybridized carbons (Fsp3) is 0. The molecule has 0 N–H and O–H groups in total. The minimum Gasteiger partial charge on any atom is -0.455 e. The van der Waals surface area contributed by atoms with Gasteiger partial charge in [-0.2, -0.15) is 0 Å². The molecule has 0 aliphatic rings. The van der Waals surface area contributed by atoms with Crippen molar-refractivity contribution < 1.29 is 4.42 Å². The molecule has 0 aliphatic carbocycles. The summed E-state index contributed by atoms with van der Waals surface area (Å²) in [6, 6.07) is 31.5. The second-order valence-electron chi connectivity index (χ2n) is 7.58. The summed E-state index contributed by atoms with van der Waals surface area (Å²) in [5.74, 6) is 1.72. The van der Waals surface area contributed by atoms with Gasteiger partial charge in [0.1, 0.15) is 19.0 Å². The van der Waals surface area contributed by atoms with Crippen molar-refractivity contribution in [2.45, 2.75) is 0 Å². The molecule has 0 saturated carbocycles. The number of benzene rings is 4. The zero-order valence-electron chi connectivity index (χ0n) is 17.1. The molecule has 2 aromatic heterocycles. The maximum Gasteiger partial charge on any atom is 0.167 e. The Morgan fingerprint density at radius 1 is 0.562 bits per heavy atom. The van der Waals surface area contributed by atoms with Gasteiger partial charge in [-0.3, -0.25) is 0 Å². The van der Waals surface area contributed by atoms with Crippen LogP contribution in [0.4, 0.5) is 0 Å². The van der Waals surface area contributed by atoms with Crippen LogP contribution in [0.3, 0.4) is 0 Å². The van der Waals surface area contributed by atoms with Gasteiger partial charge in [-0.05, 0) is 12.1 Å². The number of para-hydroxylation sites is 2. The molecule has 0 aliphatic heterocycles. The van der Waals surface area contributed by atoms with Crippen LogP contribution in [0.5, 0.6) is 0 Å². The molecule has 2 radical (unpaired) electrons. The van der Waals surface area contributed by atoms with Crippen molar-refractivity contribution in [2.75, 3.05) is 0 Å². The van der Waals surface area contributed by atoms with Crippen LogP contribution in [0.15, 0.2) is 101 Å². The third kappa shape index (κ3) is 3.15. The molecule has 4 aromatic carbocycles. The van der Waals surface area contributed by atoms with E-state index >= 15 is 0 Å². The highest BCUT2D eigenvalue weighted by atomic mass is 16.3. The molecule has 0 amide bonds. The molecule has 0 atom stereocenters. The molecule has 148 valence electrons. The molecule has 0 saturated heterocycles. The quantitative estimate of drug-likeness (QED) is 0.359. The Balaban J connectivity index is 1.63. The van der Waals surface area contributed by atoms with Gasteiger partial charge in [0.2, 0.25) is 0 Å². The maximum atomic E-state index is 6.23. The van der Waals surface area contributed by atoms with E-state index in [9.17, 15) is 0 Å². The molecule has 0 unspecified atom stereocenters. The lowest BCUT2D eigenvalue weighted by Crippen LogP contribution is -2.04. The van der Waals surface area contributed by atoms with E-state index in [2.05, 4.69) is 12.1 Å². The third-order valence-corrected chi connectivity index (χ3v) is 5.46.